The number of nitrogens with one attached hydrogen (secondary N) is 1. The molecule has 1 aromatic carbocycles. The summed E-state index contributed by atoms with van der Waals surface area (Å²) in [6.45, 7) is 6.76. The number of aromatic amines is 1. The fourth-order valence-electron chi connectivity index (χ4n) is 3.14. The summed E-state index contributed by atoms with van der Waals surface area (Å²) in [6.07, 6.45) is 2.03. The third-order valence-corrected chi connectivity index (χ3v) is 6.89. The van der Waals surface area contributed by atoms with Gasteiger partial charge in [0.1, 0.15) is 4.83 Å². The molecule has 1 aliphatic heterocycles. The molecule has 1 aliphatic rings. The number of aryl methyl sites for hydroxylation is 1. The van der Waals surface area contributed by atoms with Gasteiger partial charge in [0.2, 0.25) is 6.79 Å². The average molecular weight is 403 g/mol. The Balaban J connectivity index is 1.57. The molecule has 0 saturated carbocycles. The van der Waals surface area contributed by atoms with Crippen molar-refractivity contribution in [2.45, 2.75) is 44.5 Å². The quantitative estimate of drug-likeness (QED) is 0.469. The van der Waals surface area contributed by atoms with Crippen LogP contribution >= 0.6 is 23.1 Å². The van der Waals surface area contributed by atoms with Crippen LogP contribution in [0.25, 0.3) is 10.2 Å². The number of rotatable bonds is 6. The number of ether oxygens (including phenoxy) is 2. The first-order valence-electron chi connectivity index (χ1n) is 9.08. The smallest absolute Gasteiger partial charge is 0.260 e. The molecule has 1 atom stereocenters. The molecule has 0 radical (unpaired) electrons. The van der Waals surface area contributed by atoms with Crippen molar-refractivity contribution in [2.75, 3.05) is 6.79 Å². The summed E-state index contributed by atoms with van der Waals surface area (Å²) in [5.41, 5.74) is 2.23. The van der Waals surface area contributed by atoms with E-state index in [0.717, 1.165) is 45.7 Å². The Kier molecular flexibility index (Phi) is 5.14. The molecular weight excluding hydrogens is 380 g/mol. The van der Waals surface area contributed by atoms with E-state index in [0.29, 0.717) is 16.8 Å². The summed E-state index contributed by atoms with van der Waals surface area (Å²) in [6, 6.07) is 5.91. The molecule has 1 N–H and O–H groups in total. The SMILES string of the molecule is CC[C@H](C)Cc1c(C)sc2nc(SCc3ccc4c(c3)OCO4)[nH]c(=O)c12. The van der Waals surface area contributed by atoms with E-state index in [1.807, 2.05) is 18.2 Å². The Morgan fingerprint density at radius 3 is 2.96 bits per heavy atom. The fourth-order valence-corrected chi connectivity index (χ4v) is 5.06. The summed E-state index contributed by atoms with van der Waals surface area (Å²) in [5, 5.41) is 1.42. The molecule has 0 saturated heterocycles. The van der Waals surface area contributed by atoms with Crippen LogP contribution < -0.4 is 15.0 Å². The standard InChI is InChI=1S/C20H22N2O3S2/c1-4-11(2)7-14-12(3)27-19-17(14)18(23)21-20(22-19)26-9-13-5-6-15-16(8-13)25-10-24-15/h5-6,8,11H,4,7,9-10H2,1-3H3,(H,21,22,23)/t11-/m0/s1. The summed E-state index contributed by atoms with van der Waals surface area (Å²) >= 11 is 3.14. The van der Waals surface area contributed by atoms with Crippen LogP contribution in [-0.2, 0) is 12.2 Å². The molecule has 2 aromatic heterocycles. The Labute approximate surface area is 166 Å². The molecular formula is C20H22N2O3S2. The first kappa shape index (κ1) is 18.4. The van der Waals surface area contributed by atoms with Crippen molar-refractivity contribution >= 4 is 33.3 Å². The van der Waals surface area contributed by atoms with Crippen LogP contribution in [0, 0.1) is 12.8 Å². The molecule has 0 unspecified atom stereocenters. The van der Waals surface area contributed by atoms with Crippen molar-refractivity contribution in [3.63, 3.8) is 0 Å². The van der Waals surface area contributed by atoms with Gasteiger partial charge in [-0.3, -0.25) is 4.79 Å². The molecule has 27 heavy (non-hydrogen) atoms. The van der Waals surface area contributed by atoms with E-state index >= 15 is 0 Å². The zero-order valence-electron chi connectivity index (χ0n) is 15.6. The van der Waals surface area contributed by atoms with Gasteiger partial charge in [0.25, 0.3) is 5.56 Å². The molecule has 0 aliphatic carbocycles. The first-order chi connectivity index (χ1) is 13.0. The molecule has 0 fully saturated rings. The number of H-pyrrole nitrogens is 1. The Hall–Kier alpha value is -1.99. The summed E-state index contributed by atoms with van der Waals surface area (Å²) in [5.74, 6) is 2.81. The van der Waals surface area contributed by atoms with Gasteiger partial charge in [-0.2, -0.15) is 0 Å². The van der Waals surface area contributed by atoms with Crippen LogP contribution in [0.2, 0.25) is 0 Å². The largest absolute Gasteiger partial charge is 0.454 e. The fraction of sp³-hybridized carbons (Fsp3) is 0.400. The van der Waals surface area contributed by atoms with Gasteiger partial charge in [0.15, 0.2) is 16.7 Å². The van der Waals surface area contributed by atoms with E-state index in [-0.39, 0.29) is 12.4 Å². The lowest BCUT2D eigenvalue weighted by Gasteiger charge is -2.08. The van der Waals surface area contributed by atoms with Crippen LogP contribution in [0.5, 0.6) is 11.5 Å². The number of thiophene rings is 1. The topological polar surface area (TPSA) is 64.2 Å². The lowest BCUT2D eigenvalue weighted by molar-refractivity contribution is 0.174. The molecule has 0 spiro atoms. The Bertz CT molecular complexity index is 1040. The van der Waals surface area contributed by atoms with E-state index in [1.54, 1.807) is 11.3 Å². The molecule has 5 nitrogen and oxygen atoms in total. The number of thioether (sulfide) groups is 1. The maximum absolute atomic E-state index is 12.7. The minimum Gasteiger partial charge on any atom is -0.454 e. The van der Waals surface area contributed by atoms with Crippen LogP contribution in [0.4, 0.5) is 0 Å². The first-order valence-corrected chi connectivity index (χ1v) is 10.9. The van der Waals surface area contributed by atoms with Crippen LogP contribution in [-0.4, -0.2) is 16.8 Å². The van der Waals surface area contributed by atoms with Crippen molar-refractivity contribution in [2.24, 2.45) is 5.92 Å². The van der Waals surface area contributed by atoms with Crippen molar-refractivity contribution < 1.29 is 9.47 Å². The number of benzene rings is 1. The molecule has 0 bridgehead atoms. The van der Waals surface area contributed by atoms with Crippen LogP contribution in [0.1, 0.15) is 36.3 Å². The number of aromatic nitrogens is 2. The minimum absolute atomic E-state index is 0.0316. The molecule has 3 aromatic rings. The maximum atomic E-state index is 12.7. The second-order valence-corrected chi connectivity index (χ2v) is 9.05. The number of fused-ring (bicyclic) bond motifs is 2. The Morgan fingerprint density at radius 1 is 1.33 bits per heavy atom. The van der Waals surface area contributed by atoms with E-state index in [9.17, 15) is 4.79 Å². The summed E-state index contributed by atoms with van der Waals surface area (Å²) in [4.78, 5) is 22.4. The average Bonchev–Trinajstić information content (AvgIpc) is 3.24. The van der Waals surface area contributed by atoms with Gasteiger partial charge >= 0.3 is 0 Å². The van der Waals surface area contributed by atoms with Crippen molar-refractivity contribution in [3.8, 4) is 11.5 Å². The van der Waals surface area contributed by atoms with E-state index in [4.69, 9.17) is 14.5 Å². The molecule has 4 rings (SSSR count). The maximum Gasteiger partial charge on any atom is 0.260 e. The van der Waals surface area contributed by atoms with Gasteiger partial charge in [-0.25, -0.2) is 4.98 Å². The highest BCUT2D eigenvalue weighted by Crippen LogP contribution is 2.35. The predicted octanol–water partition coefficient (Wildman–Crippen LogP) is 4.90. The molecule has 142 valence electrons. The normalized spacial score (nSPS) is 14.0. The molecule has 3 heterocycles. The molecule has 7 heteroatoms. The third-order valence-electron chi connectivity index (χ3n) is 4.90. The third kappa shape index (κ3) is 3.71. The van der Waals surface area contributed by atoms with E-state index < -0.39 is 0 Å². The number of hydrogen-bond donors (Lipinski definition) is 1. The summed E-state index contributed by atoms with van der Waals surface area (Å²) in [7, 11) is 0. The highest BCUT2D eigenvalue weighted by Gasteiger charge is 2.17. The van der Waals surface area contributed by atoms with Gasteiger partial charge in [0, 0.05) is 10.6 Å². The zero-order chi connectivity index (χ0) is 19.0. The van der Waals surface area contributed by atoms with Crippen molar-refractivity contribution in [3.05, 3.63) is 44.6 Å². The van der Waals surface area contributed by atoms with E-state index in [2.05, 4.69) is 25.8 Å². The minimum atomic E-state index is -0.0316. The molecule has 0 amide bonds. The predicted molar refractivity (Wildman–Crippen MR) is 110 cm³/mol. The van der Waals surface area contributed by atoms with Gasteiger partial charge in [0.05, 0.1) is 5.39 Å². The van der Waals surface area contributed by atoms with Crippen molar-refractivity contribution in [1.82, 2.24) is 9.97 Å². The van der Waals surface area contributed by atoms with Gasteiger partial charge in [-0.1, -0.05) is 38.1 Å². The second kappa shape index (κ2) is 7.56. The highest BCUT2D eigenvalue weighted by atomic mass is 32.2. The van der Waals surface area contributed by atoms with Crippen LogP contribution in [0.15, 0.2) is 28.2 Å². The van der Waals surface area contributed by atoms with Gasteiger partial charge in [-0.05, 0) is 42.5 Å². The van der Waals surface area contributed by atoms with Gasteiger partial charge in [-0.15, -0.1) is 11.3 Å². The Morgan fingerprint density at radius 2 is 2.15 bits per heavy atom. The lowest BCUT2D eigenvalue weighted by atomic mass is 9.98. The van der Waals surface area contributed by atoms with Gasteiger partial charge < -0.3 is 14.5 Å². The zero-order valence-corrected chi connectivity index (χ0v) is 17.3. The summed E-state index contributed by atoms with van der Waals surface area (Å²) < 4.78 is 10.8. The number of nitrogens with zero attached hydrogens (tertiary/aromatic N) is 1. The van der Waals surface area contributed by atoms with Crippen LogP contribution in [0.3, 0.4) is 0 Å². The monoisotopic (exact) mass is 402 g/mol. The second-order valence-electron chi connectivity index (χ2n) is 6.88. The van der Waals surface area contributed by atoms with E-state index in [1.165, 1.54) is 16.6 Å². The number of hydrogen-bond acceptors (Lipinski definition) is 6. The lowest BCUT2D eigenvalue weighted by Crippen LogP contribution is -2.11. The highest BCUT2D eigenvalue weighted by molar-refractivity contribution is 7.98. The van der Waals surface area contributed by atoms with Crippen molar-refractivity contribution in [1.29, 1.82) is 0 Å².